The van der Waals surface area contributed by atoms with Crippen molar-refractivity contribution in [3.05, 3.63) is 0 Å². The molecule has 0 spiro atoms. The molecule has 2 unspecified atom stereocenters. The molecule has 0 radical (unpaired) electrons. The zero-order valence-corrected chi connectivity index (χ0v) is 10.7. The number of thiocarbonyl (C=S) groups is 1. The summed E-state index contributed by atoms with van der Waals surface area (Å²) in [7, 11) is 0. The van der Waals surface area contributed by atoms with Gasteiger partial charge >= 0.3 is 6.18 Å². The fourth-order valence-electron chi connectivity index (χ4n) is 2.28. The molecule has 1 aliphatic rings. The molecule has 104 valence electrons. The van der Waals surface area contributed by atoms with Crippen molar-refractivity contribution in [2.24, 2.45) is 17.6 Å². The van der Waals surface area contributed by atoms with Crippen molar-refractivity contribution in [1.29, 1.82) is 0 Å². The summed E-state index contributed by atoms with van der Waals surface area (Å²) in [5.41, 5.74) is 5.25. The van der Waals surface area contributed by atoms with Crippen molar-refractivity contribution in [3.8, 4) is 0 Å². The Labute approximate surface area is 109 Å². The average Bonchev–Trinajstić information content (AvgIpc) is 2.27. The van der Waals surface area contributed by atoms with E-state index in [2.05, 4.69) is 17.5 Å². The highest BCUT2D eigenvalue weighted by molar-refractivity contribution is 7.80. The molecule has 3 N–H and O–H groups in total. The Balaban J connectivity index is 2.55. The second-order valence-corrected chi connectivity index (χ2v) is 5.07. The molecular formula is C11H17F3N2OS. The lowest BCUT2D eigenvalue weighted by Crippen LogP contribution is -2.43. The van der Waals surface area contributed by atoms with Crippen LogP contribution in [0.25, 0.3) is 0 Å². The van der Waals surface area contributed by atoms with E-state index in [1.54, 1.807) is 0 Å². The Bertz CT molecular complexity index is 320. The van der Waals surface area contributed by atoms with Gasteiger partial charge < -0.3 is 11.1 Å². The van der Waals surface area contributed by atoms with Crippen molar-refractivity contribution in [3.63, 3.8) is 0 Å². The number of hydrogen-bond acceptors (Lipinski definition) is 2. The van der Waals surface area contributed by atoms with Crippen LogP contribution in [-0.4, -0.2) is 23.6 Å². The second kappa shape index (κ2) is 6.36. The highest BCUT2D eigenvalue weighted by Gasteiger charge is 2.47. The van der Waals surface area contributed by atoms with Crippen molar-refractivity contribution in [1.82, 2.24) is 5.32 Å². The molecule has 0 bridgehead atoms. The van der Waals surface area contributed by atoms with Crippen LogP contribution in [-0.2, 0) is 4.79 Å². The topological polar surface area (TPSA) is 55.1 Å². The molecule has 7 heteroatoms. The van der Waals surface area contributed by atoms with E-state index < -0.39 is 23.9 Å². The molecular weight excluding hydrogens is 265 g/mol. The summed E-state index contributed by atoms with van der Waals surface area (Å²) in [6.07, 6.45) is -2.46. The first-order chi connectivity index (χ1) is 8.32. The molecule has 0 aromatic carbocycles. The lowest BCUT2D eigenvalue weighted by atomic mass is 9.78. The van der Waals surface area contributed by atoms with E-state index in [1.165, 1.54) is 0 Å². The van der Waals surface area contributed by atoms with Gasteiger partial charge in [0.1, 0.15) is 0 Å². The SMILES string of the molecule is NC(=S)CCNC(=O)C1CCCCC1C(F)(F)F. The maximum atomic E-state index is 12.8. The van der Waals surface area contributed by atoms with Gasteiger partial charge in [0, 0.05) is 18.9 Å². The predicted octanol–water partition coefficient (Wildman–Crippen LogP) is 2.15. The third kappa shape index (κ3) is 4.44. The monoisotopic (exact) mass is 282 g/mol. The lowest BCUT2D eigenvalue weighted by molar-refractivity contribution is -0.198. The molecule has 1 amide bonds. The van der Waals surface area contributed by atoms with Crippen molar-refractivity contribution in [2.75, 3.05) is 6.54 Å². The summed E-state index contributed by atoms with van der Waals surface area (Å²) in [5.74, 6) is -3.02. The maximum absolute atomic E-state index is 12.8. The minimum absolute atomic E-state index is 0.0386. The first-order valence-electron chi connectivity index (χ1n) is 5.95. The smallest absolute Gasteiger partial charge is 0.392 e. The van der Waals surface area contributed by atoms with E-state index in [-0.39, 0.29) is 18.0 Å². The second-order valence-electron chi connectivity index (χ2n) is 4.55. The van der Waals surface area contributed by atoms with Gasteiger partial charge in [0.15, 0.2) is 0 Å². The minimum Gasteiger partial charge on any atom is -0.393 e. The van der Waals surface area contributed by atoms with Gasteiger partial charge in [0.05, 0.1) is 10.9 Å². The number of nitrogens with one attached hydrogen (secondary N) is 1. The molecule has 18 heavy (non-hydrogen) atoms. The lowest BCUT2D eigenvalue weighted by Gasteiger charge is -2.31. The van der Waals surface area contributed by atoms with Gasteiger partial charge in [-0.25, -0.2) is 0 Å². The number of halogens is 3. The summed E-state index contributed by atoms with van der Waals surface area (Å²) in [5, 5.41) is 2.48. The molecule has 0 heterocycles. The third-order valence-corrected chi connectivity index (χ3v) is 3.40. The number of amides is 1. The van der Waals surface area contributed by atoms with Crippen LogP contribution < -0.4 is 11.1 Å². The van der Waals surface area contributed by atoms with E-state index in [4.69, 9.17) is 5.73 Å². The van der Waals surface area contributed by atoms with E-state index in [1.807, 2.05) is 0 Å². The van der Waals surface area contributed by atoms with Crippen molar-refractivity contribution < 1.29 is 18.0 Å². The van der Waals surface area contributed by atoms with Gasteiger partial charge in [-0.15, -0.1) is 0 Å². The molecule has 1 aliphatic carbocycles. The van der Waals surface area contributed by atoms with Crippen LogP contribution in [0.3, 0.4) is 0 Å². The van der Waals surface area contributed by atoms with Crippen LogP contribution in [0.4, 0.5) is 13.2 Å². The number of nitrogens with two attached hydrogens (primary N) is 1. The average molecular weight is 282 g/mol. The highest BCUT2D eigenvalue weighted by Crippen LogP contribution is 2.41. The van der Waals surface area contributed by atoms with Gasteiger partial charge in [-0.3, -0.25) is 4.79 Å². The first kappa shape index (κ1) is 15.2. The van der Waals surface area contributed by atoms with Crippen LogP contribution in [0.2, 0.25) is 0 Å². The number of carbonyl (C=O) groups is 1. The normalized spacial score (nSPS) is 24.6. The van der Waals surface area contributed by atoms with E-state index >= 15 is 0 Å². The van der Waals surface area contributed by atoms with Gasteiger partial charge in [-0.2, -0.15) is 13.2 Å². The zero-order chi connectivity index (χ0) is 13.8. The number of alkyl halides is 3. The molecule has 0 aromatic heterocycles. The zero-order valence-electron chi connectivity index (χ0n) is 9.93. The Hall–Kier alpha value is -0.850. The molecule has 1 fully saturated rings. The van der Waals surface area contributed by atoms with Crippen LogP contribution in [0.1, 0.15) is 32.1 Å². The van der Waals surface area contributed by atoms with Gasteiger partial charge in [-0.05, 0) is 12.8 Å². The third-order valence-electron chi connectivity index (χ3n) is 3.19. The van der Waals surface area contributed by atoms with Crippen molar-refractivity contribution in [2.45, 2.75) is 38.3 Å². The van der Waals surface area contributed by atoms with Crippen LogP contribution in [0.15, 0.2) is 0 Å². The molecule has 0 aromatic rings. The number of carbonyl (C=O) groups excluding carboxylic acids is 1. The van der Waals surface area contributed by atoms with Gasteiger partial charge in [0.25, 0.3) is 0 Å². The minimum atomic E-state index is -4.30. The standard InChI is InChI=1S/C11H17F3N2OS/c12-11(13,14)8-4-2-1-3-7(8)10(17)16-6-5-9(15)18/h7-8H,1-6H2,(H2,15,18)(H,16,17). The number of rotatable bonds is 4. The number of hydrogen-bond donors (Lipinski definition) is 2. The van der Waals surface area contributed by atoms with Crippen LogP contribution >= 0.6 is 12.2 Å². The molecule has 2 atom stereocenters. The predicted molar refractivity (Wildman–Crippen MR) is 65.9 cm³/mol. The van der Waals surface area contributed by atoms with E-state index in [0.717, 1.165) is 0 Å². The summed E-state index contributed by atoms with van der Waals surface area (Å²) < 4.78 is 38.3. The molecule has 1 saturated carbocycles. The summed E-state index contributed by atoms with van der Waals surface area (Å²) in [6, 6.07) is 0. The van der Waals surface area contributed by atoms with Crippen LogP contribution in [0.5, 0.6) is 0 Å². The van der Waals surface area contributed by atoms with Crippen LogP contribution in [0, 0.1) is 11.8 Å². The summed E-state index contributed by atoms with van der Waals surface area (Å²) in [6.45, 7) is 0.204. The quantitative estimate of drug-likeness (QED) is 0.777. The van der Waals surface area contributed by atoms with E-state index in [0.29, 0.717) is 25.7 Å². The Morgan fingerprint density at radius 2 is 1.94 bits per heavy atom. The summed E-state index contributed by atoms with van der Waals surface area (Å²) >= 11 is 4.63. The molecule has 0 aliphatic heterocycles. The van der Waals surface area contributed by atoms with E-state index in [9.17, 15) is 18.0 Å². The summed E-state index contributed by atoms with van der Waals surface area (Å²) in [4.78, 5) is 12.0. The Kier molecular flexibility index (Phi) is 5.37. The van der Waals surface area contributed by atoms with Crippen molar-refractivity contribution >= 4 is 23.1 Å². The Morgan fingerprint density at radius 3 is 2.50 bits per heavy atom. The fourth-order valence-corrected chi connectivity index (χ4v) is 2.38. The largest absolute Gasteiger partial charge is 0.393 e. The Morgan fingerprint density at radius 1 is 1.33 bits per heavy atom. The molecule has 3 nitrogen and oxygen atoms in total. The van der Waals surface area contributed by atoms with Gasteiger partial charge in [-0.1, -0.05) is 25.1 Å². The first-order valence-corrected chi connectivity index (χ1v) is 6.36. The fraction of sp³-hybridized carbons (Fsp3) is 0.818. The molecule has 0 saturated heterocycles. The molecule has 1 rings (SSSR count). The van der Waals surface area contributed by atoms with Gasteiger partial charge in [0.2, 0.25) is 5.91 Å². The maximum Gasteiger partial charge on any atom is 0.392 e. The highest BCUT2D eigenvalue weighted by atomic mass is 32.1.